The SMILES string of the molecule is CC(C)c1ccc(NC(=O)CSc2nc(C(C)(C)C)cs2)cc1. The van der Waals surface area contributed by atoms with E-state index >= 15 is 0 Å². The largest absolute Gasteiger partial charge is 0.325 e. The minimum absolute atomic E-state index is 0.000180. The lowest BCUT2D eigenvalue weighted by Gasteiger charge is -2.14. The molecule has 1 N–H and O–H groups in total. The highest BCUT2D eigenvalue weighted by Gasteiger charge is 2.17. The number of thiazole rings is 1. The number of benzene rings is 1. The summed E-state index contributed by atoms with van der Waals surface area (Å²) in [5.41, 5.74) is 3.24. The van der Waals surface area contributed by atoms with E-state index in [4.69, 9.17) is 0 Å². The summed E-state index contributed by atoms with van der Waals surface area (Å²) < 4.78 is 0.945. The molecule has 2 aromatic rings. The van der Waals surface area contributed by atoms with Gasteiger partial charge in [0.1, 0.15) is 0 Å². The van der Waals surface area contributed by atoms with Gasteiger partial charge in [0.15, 0.2) is 4.34 Å². The molecule has 0 radical (unpaired) electrons. The number of rotatable bonds is 5. The van der Waals surface area contributed by atoms with E-state index in [1.54, 1.807) is 11.3 Å². The van der Waals surface area contributed by atoms with E-state index in [0.29, 0.717) is 11.7 Å². The van der Waals surface area contributed by atoms with E-state index in [0.717, 1.165) is 15.7 Å². The minimum atomic E-state index is -0.000180. The summed E-state index contributed by atoms with van der Waals surface area (Å²) in [5.74, 6) is 0.875. The number of carbonyl (C=O) groups excluding carboxylic acids is 1. The number of hydrogen-bond donors (Lipinski definition) is 1. The number of aromatic nitrogens is 1. The fraction of sp³-hybridized carbons (Fsp3) is 0.444. The van der Waals surface area contributed by atoms with Gasteiger partial charge >= 0.3 is 0 Å². The lowest BCUT2D eigenvalue weighted by molar-refractivity contribution is -0.113. The Bertz CT molecular complexity index is 654. The molecular formula is C18H24N2OS2. The number of hydrogen-bond acceptors (Lipinski definition) is 4. The summed E-state index contributed by atoms with van der Waals surface area (Å²) in [6.45, 7) is 10.7. The minimum Gasteiger partial charge on any atom is -0.325 e. The van der Waals surface area contributed by atoms with Gasteiger partial charge in [-0.2, -0.15) is 0 Å². The van der Waals surface area contributed by atoms with Gasteiger partial charge in [0.2, 0.25) is 5.91 Å². The van der Waals surface area contributed by atoms with E-state index in [-0.39, 0.29) is 11.3 Å². The third-order valence-electron chi connectivity index (χ3n) is 3.44. The van der Waals surface area contributed by atoms with E-state index in [1.807, 2.05) is 12.1 Å². The molecule has 3 nitrogen and oxygen atoms in total. The lowest BCUT2D eigenvalue weighted by Crippen LogP contribution is -2.14. The van der Waals surface area contributed by atoms with Gasteiger partial charge in [-0.1, -0.05) is 58.5 Å². The molecule has 0 fully saturated rings. The smallest absolute Gasteiger partial charge is 0.234 e. The fourth-order valence-electron chi connectivity index (χ4n) is 1.94. The molecular weight excluding hydrogens is 324 g/mol. The number of nitrogens with one attached hydrogen (secondary N) is 1. The first-order valence-electron chi connectivity index (χ1n) is 7.74. The Morgan fingerprint density at radius 3 is 2.43 bits per heavy atom. The van der Waals surface area contributed by atoms with Crippen molar-refractivity contribution >= 4 is 34.7 Å². The van der Waals surface area contributed by atoms with Crippen LogP contribution in [0, 0.1) is 0 Å². The molecule has 0 aliphatic heterocycles. The zero-order valence-electron chi connectivity index (χ0n) is 14.3. The van der Waals surface area contributed by atoms with Crippen LogP contribution in [0.15, 0.2) is 34.0 Å². The van der Waals surface area contributed by atoms with Crippen LogP contribution in [0.3, 0.4) is 0 Å². The summed E-state index contributed by atoms with van der Waals surface area (Å²) in [6.07, 6.45) is 0. The molecule has 2 rings (SSSR count). The van der Waals surface area contributed by atoms with Crippen LogP contribution in [0.2, 0.25) is 0 Å². The van der Waals surface area contributed by atoms with Crippen molar-refractivity contribution in [3.05, 3.63) is 40.9 Å². The Kier molecular flexibility index (Phi) is 5.87. The third kappa shape index (κ3) is 5.36. The quantitative estimate of drug-likeness (QED) is 0.746. The Morgan fingerprint density at radius 2 is 1.91 bits per heavy atom. The second-order valence-electron chi connectivity index (χ2n) is 6.86. The number of carbonyl (C=O) groups is 1. The molecule has 23 heavy (non-hydrogen) atoms. The van der Waals surface area contributed by atoms with Crippen molar-refractivity contribution in [1.29, 1.82) is 0 Å². The summed E-state index contributed by atoms with van der Waals surface area (Å²) in [6, 6.07) is 8.03. The normalized spacial score (nSPS) is 11.7. The van der Waals surface area contributed by atoms with Crippen molar-refractivity contribution in [2.24, 2.45) is 0 Å². The average molecular weight is 349 g/mol. The summed E-state index contributed by atoms with van der Waals surface area (Å²) >= 11 is 3.09. The van der Waals surface area contributed by atoms with Crippen molar-refractivity contribution in [2.45, 2.75) is 50.3 Å². The molecule has 1 aromatic heterocycles. The lowest BCUT2D eigenvalue weighted by atomic mass is 9.93. The van der Waals surface area contributed by atoms with Crippen LogP contribution in [-0.2, 0) is 10.2 Å². The second-order valence-corrected chi connectivity index (χ2v) is 8.94. The van der Waals surface area contributed by atoms with E-state index in [9.17, 15) is 4.79 Å². The number of amides is 1. The monoisotopic (exact) mass is 348 g/mol. The van der Waals surface area contributed by atoms with Crippen molar-refractivity contribution in [3.63, 3.8) is 0 Å². The van der Waals surface area contributed by atoms with Gasteiger partial charge in [0, 0.05) is 16.5 Å². The molecule has 0 spiro atoms. The highest BCUT2D eigenvalue weighted by molar-refractivity contribution is 8.01. The topological polar surface area (TPSA) is 42.0 Å². The molecule has 124 valence electrons. The number of thioether (sulfide) groups is 1. The Hall–Kier alpha value is -1.33. The maximum atomic E-state index is 12.1. The Morgan fingerprint density at radius 1 is 1.26 bits per heavy atom. The second kappa shape index (κ2) is 7.49. The summed E-state index contributed by atoms with van der Waals surface area (Å²) in [5, 5.41) is 5.01. The van der Waals surface area contributed by atoms with Crippen LogP contribution >= 0.6 is 23.1 Å². The molecule has 1 amide bonds. The average Bonchev–Trinajstić information content (AvgIpc) is 2.95. The van der Waals surface area contributed by atoms with E-state index in [1.165, 1.54) is 17.3 Å². The Balaban J connectivity index is 1.86. The number of nitrogens with zero attached hydrogens (tertiary/aromatic N) is 1. The maximum Gasteiger partial charge on any atom is 0.234 e. The van der Waals surface area contributed by atoms with Crippen LogP contribution in [0.25, 0.3) is 0 Å². The van der Waals surface area contributed by atoms with Crippen LogP contribution in [-0.4, -0.2) is 16.6 Å². The first kappa shape index (κ1) is 18.0. The summed E-state index contributed by atoms with van der Waals surface area (Å²) in [7, 11) is 0. The van der Waals surface area contributed by atoms with Gasteiger partial charge in [-0.05, 0) is 23.6 Å². The van der Waals surface area contributed by atoms with Crippen LogP contribution < -0.4 is 5.32 Å². The highest BCUT2D eigenvalue weighted by Crippen LogP contribution is 2.29. The molecule has 0 unspecified atom stereocenters. The standard InChI is InChI=1S/C18H24N2OS2/c1-12(2)13-6-8-14(9-7-13)19-16(21)11-23-17-20-15(10-22-17)18(3,4)5/h6-10,12H,11H2,1-5H3,(H,19,21). The zero-order chi connectivity index (χ0) is 17.0. The predicted octanol–water partition coefficient (Wildman–Crippen LogP) is 5.29. The molecule has 0 bridgehead atoms. The first-order chi connectivity index (χ1) is 10.8. The summed E-state index contributed by atoms with van der Waals surface area (Å²) in [4.78, 5) is 16.6. The van der Waals surface area contributed by atoms with Gasteiger partial charge in [0.05, 0.1) is 11.4 Å². The van der Waals surface area contributed by atoms with E-state index < -0.39 is 0 Å². The van der Waals surface area contributed by atoms with Crippen molar-refractivity contribution in [2.75, 3.05) is 11.1 Å². The molecule has 5 heteroatoms. The molecule has 1 heterocycles. The van der Waals surface area contributed by atoms with Crippen molar-refractivity contribution in [3.8, 4) is 0 Å². The van der Waals surface area contributed by atoms with Crippen LogP contribution in [0.1, 0.15) is 51.8 Å². The zero-order valence-corrected chi connectivity index (χ0v) is 16.0. The van der Waals surface area contributed by atoms with Crippen LogP contribution in [0.5, 0.6) is 0 Å². The van der Waals surface area contributed by atoms with Crippen molar-refractivity contribution < 1.29 is 4.79 Å². The van der Waals surface area contributed by atoms with Gasteiger partial charge < -0.3 is 5.32 Å². The highest BCUT2D eigenvalue weighted by atomic mass is 32.2. The maximum absolute atomic E-state index is 12.1. The molecule has 0 aliphatic rings. The predicted molar refractivity (Wildman–Crippen MR) is 101 cm³/mol. The molecule has 0 saturated heterocycles. The number of anilines is 1. The van der Waals surface area contributed by atoms with E-state index in [2.05, 4.69) is 62.4 Å². The molecule has 0 atom stereocenters. The van der Waals surface area contributed by atoms with Crippen molar-refractivity contribution in [1.82, 2.24) is 4.98 Å². The van der Waals surface area contributed by atoms with Gasteiger partial charge in [-0.3, -0.25) is 4.79 Å². The fourth-order valence-corrected chi connectivity index (χ4v) is 3.80. The molecule has 0 saturated carbocycles. The van der Waals surface area contributed by atoms with Crippen LogP contribution in [0.4, 0.5) is 5.69 Å². The van der Waals surface area contributed by atoms with Gasteiger partial charge in [-0.25, -0.2) is 4.98 Å². The molecule has 1 aromatic carbocycles. The third-order valence-corrected chi connectivity index (χ3v) is 5.46. The first-order valence-corrected chi connectivity index (χ1v) is 9.61. The van der Waals surface area contributed by atoms with Gasteiger partial charge in [-0.15, -0.1) is 11.3 Å². The Labute approximate surface area is 146 Å². The van der Waals surface area contributed by atoms with Gasteiger partial charge in [0.25, 0.3) is 0 Å². The molecule has 0 aliphatic carbocycles.